The largest absolute Gasteiger partial charge is 0.0952 e. The molecule has 0 bridgehead atoms. The summed E-state index contributed by atoms with van der Waals surface area (Å²) in [5.74, 6) is 1.40. The van der Waals surface area contributed by atoms with Crippen LogP contribution in [0.2, 0.25) is 0 Å². The number of benzene rings is 1. The first-order chi connectivity index (χ1) is 7.90. The molecule has 1 rings (SSSR count). The van der Waals surface area contributed by atoms with E-state index in [1.165, 1.54) is 22.3 Å². The van der Waals surface area contributed by atoms with Crippen molar-refractivity contribution in [3.8, 4) is 0 Å². The van der Waals surface area contributed by atoms with E-state index in [4.69, 9.17) is 0 Å². The lowest BCUT2D eigenvalue weighted by atomic mass is 9.92. The number of allylic oxidation sites excluding steroid dienone is 1. The molecule has 0 heteroatoms. The summed E-state index contributed by atoms with van der Waals surface area (Å²) in [6.45, 7) is 15.4. The van der Waals surface area contributed by atoms with Crippen molar-refractivity contribution >= 4 is 5.57 Å². The summed E-state index contributed by atoms with van der Waals surface area (Å²) < 4.78 is 0. The predicted octanol–water partition coefficient (Wildman–Crippen LogP) is 5.25. The molecule has 0 heterocycles. The molecule has 0 radical (unpaired) electrons. The van der Waals surface area contributed by atoms with E-state index in [0.717, 1.165) is 18.8 Å². The fourth-order valence-corrected chi connectivity index (χ4v) is 2.32. The van der Waals surface area contributed by atoms with Crippen molar-refractivity contribution in [1.82, 2.24) is 0 Å². The zero-order valence-electron chi connectivity index (χ0n) is 12.0. The maximum Gasteiger partial charge on any atom is -0.0201 e. The van der Waals surface area contributed by atoms with Gasteiger partial charge in [-0.05, 0) is 53.9 Å². The minimum absolute atomic E-state index is 0.678. The van der Waals surface area contributed by atoms with E-state index in [1.807, 2.05) is 0 Å². The molecule has 94 valence electrons. The molecule has 0 aliphatic carbocycles. The van der Waals surface area contributed by atoms with Crippen molar-refractivity contribution < 1.29 is 0 Å². The van der Waals surface area contributed by atoms with Crippen molar-refractivity contribution in [3.63, 3.8) is 0 Å². The molecule has 0 spiro atoms. The van der Waals surface area contributed by atoms with E-state index in [2.05, 4.69) is 59.4 Å². The van der Waals surface area contributed by atoms with Crippen LogP contribution in [0.3, 0.4) is 0 Å². The van der Waals surface area contributed by atoms with Gasteiger partial charge in [0.15, 0.2) is 0 Å². The lowest BCUT2D eigenvalue weighted by molar-refractivity contribution is 0.647. The van der Waals surface area contributed by atoms with E-state index < -0.39 is 0 Å². The molecule has 0 aliphatic heterocycles. The molecule has 0 unspecified atom stereocenters. The highest BCUT2D eigenvalue weighted by Crippen LogP contribution is 2.25. The quantitative estimate of drug-likeness (QED) is 0.648. The van der Waals surface area contributed by atoms with Crippen LogP contribution in [0.4, 0.5) is 0 Å². The van der Waals surface area contributed by atoms with Gasteiger partial charge in [-0.3, -0.25) is 0 Å². The highest BCUT2D eigenvalue weighted by atomic mass is 14.1. The molecule has 0 saturated heterocycles. The second-order valence-electron chi connectivity index (χ2n) is 5.95. The Morgan fingerprint density at radius 1 is 1.12 bits per heavy atom. The van der Waals surface area contributed by atoms with E-state index in [1.54, 1.807) is 0 Å². The molecule has 0 amide bonds. The Bertz CT molecular complexity index is 383. The maximum atomic E-state index is 4.22. The van der Waals surface area contributed by atoms with E-state index in [-0.39, 0.29) is 0 Å². The number of hydrogen-bond acceptors (Lipinski definition) is 0. The number of hydrogen-bond donors (Lipinski definition) is 0. The average Bonchev–Trinajstić information content (AvgIpc) is 2.14. The topological polar surface area (TPSA) is 0 Å². The average molecular weight is 230 g/mol. The summed E-state index contributed by atoms with van der Waals surface area (Å²) in [4.78, 5) is 0. The second kappa shape index (κ2) is 6.05. The molecular weight excluding hydrogens is 204 g/mol. The van der Waals surface area contributed by atoms with E-state index in [9.17, 15) is 0 Å². The minimum Gasteiger partial charge on any atom is -0.0952 e. The molecule has 0 atom stereocenters. The van der Waals surface area contributed by atoms with E-state index in [0.29, 0.717) is 5.92 Å². The molecule has 17 heavy (non-hydrogen) atoms. The van der Waals surface area contributed by atoms with Crippen LogP contribution >= 0.6 is 0 Å². The summed E-state index contributed by atoms with van der Waals surface area (Å²) >= 11 is 0. The zero-order valence-corrected chi connectivity index (χ0v) is 12.0. The Hall–Kier alpha value is -1.04. The standard InChI is InChI=1S/C17H26/c1-12(2)9-14(5)17-8-7-16(10-13(3)4)11-15(17)6/h7-8,11-13H,5,9-10H2,1-4,6H3. The van der Waals surface area contributed by atoms with Crippen molar-refractivity contribution in [1.29, 1.82) is 0 Å². The van der Waals surface area contributed by atoms with Crippen molar-refractivity contribution in [2.24, 2.45) is 11.8 Å². The summed E-state index contributed by atoms with van der Waals surface area (Å²) in [6.07, 6.45) is 2.25. The van der Waals surface area contributed by atoms with Gasteiger partial charge in [0.05, 0.1) is 0 Å². The zero-order chi connectivity index (χ0) is 13.0. The molecule has 1 aromatic rings. The highest BCUT2D eigenvalue weighted by molar-refractivity contribution is 5.66. The fraction of sp³-hybridized carbons (Fsp3) is 0.529. The smallest absolute Gasteiger partial charge is 0.0201 e. The van der Waals surface area contributed by atoms with Crippen LogP contribution in [0.1, 0.15) is 50.8 Å². The van der Waals surface area contributed by atoms with Gasteiger partial charge in [-0.2, -0.15) is 0 Å². The second-order valence-corrected chi connectivity index (χ2v) is 5.95. The van der Waals surface area contributed by atoms with Gasteiger partial charge in [-0.1, -0.05) is 52.5 Å². The predicted molar refractivity (Wildman–Crippen MR) is 78.2 cm³/mol. The number of aryl methyl sites for hydroxylation is 1. The Balaban J connectivity index is 2.86. The lowest BCUT2D eigenvalue weighted by Gasteiger charge is -2.13. The van der Waals surface area contributed by atoms with Crippen LogP contribution in [-0.2, 0) is 6.42 Å². The Kier molecular flexibility index (Phi) is 4.99. The lowest BCUT2D eigenvalue weighted by Crippen LogP contribution is -1.97. The first-order valence-electron chi connectivity index (χ1n) is 6.67. The summed E-state index contributed by atoms with van der Waals surface area (Å²) in [7, 11) is 0. The van der Waals surface area contributed by atoms with Crippen molar-refractivity contribution in [2.75, 3.05) is 0 Å². The SMILES string of the molecule is C=C(CC(C)C)c1ccc(CC(C)C)cc1C. The Morgan fingerprint density at radius 3 is 2.24 bits per heavy atom. The molecule has 1 aromatic carbocycles. The normalized spacial score (nSPS) is 11.2. The van der Waals surface area contributed by atoms with Crippen LogP contribution in [0.5, 0.6) is 0 Å². The van der Waals surface area contributed by atoms with E-state index >= 15 is 0 Å². The summed E-state index contributed by atoms with van der Waals surface area (Å²) in [5, 5.41) is 0. The maximum absolute atomic E-state index is 4.22. The van der Waals surface area contributed by atoms with Gasteiger partial charge in [0.1, 0.15) is 0 Å². The van der Waals surface area contributed by atoms with Gasteiger partial charge in [0.25, 0.3) is 0 Å². The molecule has 0 saturated carbocycles. The van der Waals surface area contributed by atoms with Crippen molar-refractivity contribution in [2.45, 2.75) is 47.5 Å². The van der Waals surface area contributed by atoms with Crippen LogP contribution in [-0.4, -0.2) is 0 Å². The third-order valence-electron chi connectivity index (χ3n) is 2.97. The van der Waals surface area contributed by atoms with Gasteiger partial charge in [-0.15, -0.1) is 0 Å². The molecule has 0 aromatic heterocycles. The van der Waals surface area contributed by atoms with Gasteiger partial charge in [0.2, 0.25) is 0 Å². The monoisotopic (exact) mass is 230 g/mol. The third-order valence-corrected chi connectivity index (χ3v) is 2.97. The minimum atomic E-state index is 0.678. The molecule has 0 aliphatic rings. The van der Waals surface area contributed by atoms with Gasteiger partial charge in [-0.25, -0.2) is 0 Å². The van der Waals surface area contributed by atoms with Crippen LogP contribution < -0.4 is 0 Å². The fourth-order valence-electron chi connectivity index (χ4n) is 2.32. The Labute approximate surface area is 107 Å². The molecular formula is C17H26. The van der Waals surface area contributed by atoms with Crippen LogP contribution in [0.25, 0.3) is 5.57 Å². The first kappa shape index (κ1) is 14.0. The van der Waals surface area contributed by atoms with Crippen LogP contribution in [0.15, 0.2) is 24.8 Å². The first-order valence-corrected chi connectivity index (χ1v) is 6.67. The van der Waals surface area contributed by atoms with Gasteiger partial charge >= 0.3 is 0 Å². The highest BCUT2D eigenvalue weighted by Gasteiger charge is 2.06. The van der Waals surface area contributed by atoms with Crippen molar-refractivity contribution in [3.05, 3.63) is 41.5 Å². The van der Waals surface area contributed by atoms with Gasteiger partial charge < -0.3 is 0 Å². The molecule has 0 fully saturated rings. The molecule has 0 nitrogen and oxygen atoms in total. The Morgan fingerprint density at radius 2 is 1.76 bits per heavy atom. The van der Waals surface area contributed by atoms with Crippen LogP contribution in [0, 0.1) is 18.8 Å². The third kappa shape index (κ3) is 4.38. The summed E-state index contributed by atoms with van der Waals surface area (Å²) in [5.41, 5.74) is 5.42. The molecule has 0 N–H and O–H groups in total. The summed E-state index contributed by atoms with van der Waals surface area (Å²) in [6, 6.07) is 6.83. The number of rotatable bonds is 5. The van der Waals surface area contributed by atoms with Gasteiger partial charge in [0, 0.05) is 0 Å².